The number of carbonyl (C=O) groups is 2. The maximum Gasteiger partial charge on any atom is 0.341 e. The van der Waals surface area contributed by atoms with Crippen LogP contribution in [0.1, 0.15) is 16.1 Å². The van der Waals surface area contributed by atoms with E-state index in [-0.39, 0.29) is 12.0 Å². The molecule has 1 heterocycles. The van der Waals surface area contributed by atoms with Crippen LogP contribution in [0.15, 0.2) is 30.5 Å². The molecule has 0 aliphatic heterocycles. The van der Waals surface area contributed by atoms with Gasteiger partial charge in [0.25, 0.3) is 0 Å². The number of carbonyl (C=O) groups excluding carboxylic acids is 2. The standard InChI is InChI=1S/C14H13ClN2O4/c1-20-13(18)7-12-9(14(19)21-2)8-16-17(12)11-6-4-3-5-10(11)15/h3-6,8H,7H2,1-2H3. The molecular weight excluding hydrogens is 296 g/mol. The van der Waals surface area contributed by atoms with Gasteiger partial charge < -0.3 is 9.47 Å². The maximum absolute atomic E-state index is 11.8. The lowest BCUT2D eigenvalue weighted by atomic mass is 10.2. The third-order valence-corrected chi connectivity index (χ3v) is 3.21. The fourth-order valence-corrected chi connectivity index (χ4v) is 2.08. The maximum atomic E-state index is 11.8. The molecule has 0 bridgehead atoms. The molecular formula is C14H13ClN2O4. The highest BCUT2D eigenvalue weighted by Gasteiger charge is 2.22. The second kappa shape index (κ2) is 6.41. The molecule has 7 heteroatoms. The van der Waals surface area contributed by atoms with Crippen LogP contribution < -0.4 is 0 Å². The molecule has 2 aromatic rings. The first-order valence-electron chi connectivity index (χ1n) is 6.05. The number of esters is 2. The van der Waals surface area contributed by atoms with Gasteiger partial charge in [-0.25, -0.2) is 9.48 Å². The lowest BCUT2D eigenvalue weighted by molar-refractivity contribution is -0.139. The number of ether oxygens (including phenoxy) is 2. The van der Waals surface area contributed by atoms with Crippen molar-refractivity contribution in [3.8, 4) is 5.69 Å². The van der Waals surface area contributed by atoms with Gasteiger partial charge in [0, 0.05) is 0 Å². The van der Waals surface area contributed by atoms with Crippen molar-refractivity contribution in [1.82, 2.24) is 9.78 Å². The number of nitrogens with zero attached hydrogens (tertiary/aromatic N) is 2. The molecule has 0 fully saturated rings. The highest BCUT2D eigenvalue weighted by molar-refractivity contribution is 6.32. The number of rotatable bonds is 4. The summed E-state index contributed by atoms with van der Waals surface area (Å²) < 4.78 is 10.8. The van der Waals surface area contributed by atoms with Crippen LogP contribution in [0.25, 0.3) is 5.69 Å². The van der Waals surface area contributed by atoms with Crippen LogP contribution in [0.3, 0.4) is 0 Å². The normalized spacial score (nSPS) is 10.2. The van der Waals surface area contributed by atoms with Crippen LogP contribution in [0.4, 0.5) is 0 Å². The Labute approximate surface area is 126 Å². The second-order valence-corrected chi connectivity index (χ2v) is 4.52. The molecule has 2 rings (SSSR count). The summed E-state index contributed by atoms with van der Waals surface area (Å²) in [5.41, 5.74) is 1.12. The topological polar surface area (TPSA) is 70.4 Å². The largest absolute Gasteiger partial charge is 0.469 e. The first-order chi connectivity index (χ1) is 10.1. The van der Waals surface area contributed by atoms with Crippen LogP contribution in [-0.2, 0) is 20.7 Å². The third-order valence-electron chi connectivity index (χ3n) is 2.89. The van der Waals surface area contributed by atoms with Gasteiger partial charge in [0.1, 0.15) is 5.56 Å². The average Bonchev–Trinajstić information content (AvgIpc) is 2.90. The van der Waals surface area contributed by atoms with Gasteiger partial charge in [-0.15, -0.1) is 0 Å². The zero-order chi connectivity index (χ0) is 15.4. The molecule has 1 aromatic heterocycles. The summed E-state index contributed by atoms with van der Waals surface area (Å²) in [6, 6.07) is 6.98. The Kier molecular flexibility index (Phi) is 4.59. The van der Waals surface area contributed by atoms with Crippen molar-refractivity contribution in [2.45, 2.75) is 6.42 Å². The monoisotopic (exact) mass is 308 g/mol. The fourth-order valence-electron chi connectivity index (χ4n) is 1.86. The Morgan fingerprint density at radius 3 is 2.57 bits per heavy atom. The van der Waals surface area contributed by atoms with E-state index >= 15 is 0 Å². The summed E-state index contributed by atoms with van der Waals surface area (Å²) in [7, 11) is 2.54. The molecule has 0 N–H and O–H groups in total. The van der Waals surface area contributed by atoms with E-state index in [1.165, 1.54) is 25.1 Å². The number of hydrogen-bond acceptors (Lipinski definition) is 5. The second-order valence-electron chi connectivity index (χ2n) is 4.11. The Bertz CT molecular complexity index is 681. The molecule has 0 aliphatic carbocycles. The smallest absolute Gasteiger partial charge is 0.341 e. The Morgan fingerprint density at radius 2 is 1.95 bits per heavy atom. The lowest BCUT2D eigenvalue weighted by Gasteiger charge is -2.09. The molecule has 0 amide bonds. The first-order valence-corrected chi connectivity index (χ1v) is 6.43. The number of benzene rings is 1. The predicted molar refractivity (Wildman–Crippen MR) is 75.6 cm³/mol. The number of halogens is 1. The number of aromatic nitrogens is 2. The molecule has 0 radical (unpaired) electrons. The average molecular weight is 309 g/mol. The number of methoxy groups -OCH3 is 2. The van der Waals surface area contributed by atoms with Gasteiger partial charge in [0.2, 0.25) is 0 Å². The quantitative estimate of drug-likeness (QED) is 0.808. The minimum absolute atomic E-state index is 0.119. The van der Waals surface area contributed by atoms with Crippen molar-refractivity contribution in [2.24, 2.45) is 0 Å². The van der Waals surface area contributed by atoms with E-state index in [2.05, 4.69) is 9.84 Å². The first kappa shape index (κ1) is 15.1. The van der Waals surface area contributed by atoms with Crippen LogP contribution >= 0.6 is 11.6 Å². The molecule has 0 saturated heterocycles. The highest BCUT2D eigenvalue weighted by Crippen LogP contribution is 2.23. The summed E-state index contributed by atoms with van der Waals surface area (Å²) in [6.45, 7) is 0. The zero-order valence-electron chi connectivity index (χ0n) is 11.5. The van der Waals surface area contributed by atoms with Gasteiger partial charge in [0.15, 0.2) is 0 Å². The van der Waals surface area contributed by atoms with E-state index in [4.69, 9.17) is 16.3 Å². The molecule has 0 atom stereocenters. The predicted octanol–water partition coefficient (Wildman–Crippen LogP) is 2.03. The molecule has 0 saturated carbocycles. The van der Waals surface area contributed by atoms with Gasteiger partial charge >= 0.3 is 11.9 Å². The Morgan fingerprint density at radius 1 is 1.24 bits per heavy atom. The van der Waals surface area contributed by atoms with Crippen molar-refractivity contribution in [1.29, 1.82) is 0 Å². The molecule has 0 aliphatic rings. The van der Waals surface area contributed by atoms with E-state index in [1.807, 2.05) is 0 Å². The molecule has 1 aromatic carbocycles. The summed E-state index contributed by atoms with van der Waals surface area (Å²) in [5.74, 6) is -1.07. The van der Waals surface area contributed by atoms with Crippen LogP contribution in [0.2, 0.25) is 5.02 Å². The summed E-state index contributed by atoms with van der Waals surface area (Å²) in [6.07, 6.45) is 1.22. The minimum atomic E-state index is -0.577. The molecule has 0 unspecified atom stereocenters. The van der Waals surface area contributed by atoms with Crippen LogP contribution in [-0.4, -0.2) is 35.9 Å². The third kappa shape index (κ3) is 3.05. The fraction of sp³-hybridized carbons (Fsp3) is 0.214. The van der Waals surface area contributed by atoms with Crippen LogP contribution in [0.5, 0.6) is 0 Å². The van der Waals surface area contributed by atoms with Crippen molar-refractivity contribution >= 4 is 23.5 Å². The van der Waals surface area contributed by atoms with E-state index in [0.717, 1.165) is 0 Å². The van der Waals surface area contributed by atoms with Crippen molar-refractivity contribution in [3.63, 3.8) is 0 Å². The van der Waals surface area contributed by atoms with E-state index in [1.54, 1.807) is 24.3 Å². The van der Waals surface area contributed by atoms with E-state index in [9.17, 15) is 9.59 Å². The minimum Gasteiger partial charge on any atom is -0.469 e. The van der Waals surface area contributed by atoms with Gasteiger partial charge in [-0.2, -0.15) is 5.10 Å². The summed E-state index contributed by atoms with van der Waals surface area (Å²) in [4.78, 5) is 23.3. The van der Waals surface area contributed by atoms with Gasteiger partial charge in [-0.05, 0) is 12.1 Å². The van der Waals surface area contributed by atoms with Gasteiger partial charge in [0.05, 0.1) is 43.2 Å². The number of hydrogen-bond donors (Lipinski definition) is 0. The molecule has 110 valence electrons. The zero-order valence-corrected chi connectivity index (χ0v) is 12.3. The Hall–Kier alpha value is -2.34. The highest BCUT2D eigenvalue weighted by atomic mass is 35.5. The summed E-state index contributed by atoms with van der Waals surface area (Å²) >= 11 is 6.13. The SMILES string of the molecule is COC(=O)Cc1c(C(=O)OC)cnn1-c1ccccc1Cl. The molecule has 0 spiro atoms. The lowest BCUT2D eigenvalue weighted by Crippen LogP contribution is -2.14. The van der Waals surface area contributed by atoms with E-state index < -0.39 is 11.9 Å². The molecule has 21 heavy (non-hydrogen) atoms. The Balaban J connectivity index is 2.56. The van der Waals surface area contributed by atoms with Gasteiger partial charge in [-0.1, -0.05) is 23.7 Å². The van der Waals surface area contributed by atoms with E-state index in [0.29, 0.717) is 16.4 Å². The van der Waals surface area contributed by atoms with Crippen LogP contribution in [0, 0.1) is 0 Å². The number of para-hydroxylation sites is 1. The molecule has 6 nitrogen and oxygen atoms in total. The van der Waals surface area contributed by atoms with Crippen molar-refractivity contribution in [3.05, 3.63) is 46.7 Å². The van der Waals surface area contributed by atoms with Gasteiger partial charge in [-0.3, -0.25) is 4.79 Å². The van der Waals surface area contributed by atoms with Crippen molar-refractivity contribution in [2.75, 3.05) is 14.2 Å². The van der Waals surface area contributed by atoms with Crippen molar-refractivity contribution < 1.29 is 19.1 Å². The summed E-state index contributed by atoms with van der Waals surface area (Å²) in [5, 5.41) is 4.57.